The first-order valence-corrected chi connectivity index (χ1v) is 13.6. The maximum Gasteiger partial charge on any atom is 0.573 e. The largest absolute Gasteiger partial charge is 0.573 e. The monoisotopic (exact) mass is 578 g/mol. The molecule has 1 aliphatic rings. The van der Waals surface area contributed by atoms with Crippen molar-refractivity contribution in [2.24, 2.45) is 0 Å². The summed E-state index contributed by atoms with van der Waals surface area (Å²) in [5, 5.41) is 4.36. The normalized spacial score (nSPS) is 15.2. The Hall–Kier alpha value is -4.11. The molecule has 0 amide bonds. The van der Waals surface area contributed by atoms with Gasteiger partial charge in [-0.1, -0.05) is 6.07 Å². The first-order valence-electron chi connectivity index (χ1n) is 12.1. The van der Waals surface area contributed by atoms with Crippen LogP contribution >= 0.6 is 0 Å². The molecule has 0 radical (unpaired) electrons. The van der Waals surface area contributed by atoms with Gasteiger partial charge in [-0.25, -0.2) is 13.4 Å². The van der Waals surface area contributed by atoms with Gasteiger partial charge < -0.3 is 19.1 Å². The molecule has 1 fully saturated rings. The molecule has 0 bridgehead atoms. The minimum absolute atomic E-state index is 0.121. The van der Waals surface area contributed by atoms with E-state index in [-0.39, 0.29) is 18.0 Å². The first kappa shape index (κ1) is 27.5. The summed E-state index contributed by atoms with van der Waals surface area (Å²) in [5.74, 6) is 1.67. The Kier molecular flexibility index (Phi) is 7.42. The number of benzene rings is 2. The zero-order chi connectivity index (χ0) is 28.5. The van der Waals surface area contributed by atoms with Crippen LogP contribution in [0.3, 0.4) is 0 Å². The van der Waals surface area contributed by atoms with Crippen LogP contribution in [0.4, 0.5) is 19.0 Å². The average Bonchev–Trinajstić information content (AvgIpc) is 3.27. The summed E-state index contributed by atoms with van der Waals surface area (Å²) < 4.78 is 81.8. The Balaban J connectivity index is 1.44. The molecule has 15 heteroatoms. The van der Waals surface area contributed by atoms with Crippen LogP contribution in [0.1, 0.15) is 6.42 Å². The molecular weight excluding hydrogens is 553 g/mol. The molecule has 212 valence electrons. The third-order valence-electron chi connectivity index (χ3n) is 6.42. The van der Waals surface area contributed by atoms with Gasteiger partial charge in [0.2, 0.25) is 10.0 Å². The van der Waals surface area contributed by atoms with E-state index >= 15 is 0 Å². The van der Waals surface area contributed by atoms with Gasteiger partial charge in [-0.3, -0.25) is 0 Å². The Morgan fingerprint density at radius 2 is 1.65 bits per heavy atom. The predicted molar refractivity (Wildman–Crippen MR) is 138 cm³/mol. The van der Waals surface area contributed by atoms with Gasteiger partial charge in [-0.15, -0.1) is 13.2 Å². The smallest absolute Gasteiger partial charge is 0.493 e. The second-order valence-electron chi connectivity index (χ2n) is 8.80. The standard InChI is InChI=1S/C25H25F3N6O5S/c1-37-21-9-4-17(14-22(21)38-2)20-15-29-24-30-16-31-34(24)23(20)32-10-3-11-33(13-12-32)40(35,36)19-7-5-18(6-8-19)39-25(26,27)28/h4-9,14-16H,3,10-13H2,1-2H3. The van der Waals surface area contributed by atoms with Crippen molar-refractivity contribution in [3.05, 3.63) is 55.0 Å². The maximum absolute atomic E-state index is 13.4. The predicted octanol–water partition coefficient (Wildman–Crippen LogP) is 3.61. The second-order valence-corrected chi connectivity index (χ2v) is 10.7. The van der Waals surface area contributed by atoms with Gasteiger partial charge in [0.25, 0.3) is 5.78 Å². The van der Waals surface area contributed by atoms with Crippen LogP contribution in [0.25, 0.3) is 16.9 Å². The Morgan fingerprint density at radius 3 is 2.35 bits per heavy atom. The number of anilines is 1. The molecular formula is C25H25F3N6O5S. The molecule has 1 saturated heterocycles. The maximum atomic E-state index is 13.4. The number of ether oxygens (including phenoxy) is 3. The summed E-state index contributed by atoms with van der Waals surface area (Å²) in [6.45, 7) is 1.17. The molecule has 40 heavy (non-hydrogen) atoms. The highest BCUT2D eigenvalue weighted by atomic mass is 32.2. The molecule has 0 atom stereocenters. The highest BCUT2D eigenvalue weighted by molar-refractivity contribution is 7.89. The first-order chi connectivity index (χ1) is 19.1. The molecule has 4 aromatic rings. The average molecular weight is 579 g/mol. The minimum atomic E-state index is -4.87. The van der Waals surface area contributed by atoms with E-state index in [4.69, 9.17) is 9.47 Å². The fourth-order valence-corrected chi connectivity index (χ4v) is 6.06. The Bertz CT molecular complexity index is 1610. The lowest BCUT2D eigenvalue weighted by molar-refractivity contribution is -0.274. The zero-order valence-electron chi connectivity index (χ0n) is 21.5. The van der Waals surface area contributed by atoms with Crippen LogP contribution in [0, 0.1) is 0 Å². The van der Waals surface area contributed by atoms with Crippen molar-refractivity contribution in [2.45, 2.75) is 17.7 Å². The van der Waals surface area contributed by atoms with Crippen molar-refractivity contribution in [1.82, 2.24) is 23.9 Å². The quantitative estimate of drug-likeness (QED) is 0.325. The van der Waals surface area contributed by atoms with Gasteiger partial charge in [-0.05, 0) is 48.4 Å². The Morgan fingerprint density at radius 1 is 0.900 bits per heavy atom. The number of alkyl halides is 3. The lowest BCUT2D eigenvalue weighted by Crippen LogP contribution is -2.35. The van der Waals surface area contributed by atoms with Crippen molar-refractivity contribution in [3.63, 3.8) is 0 Å². The molecule has 2 aromatic heterocycles. The molecule has 11 nitrogen and oxygen atoms in total. The van der Waals surface area contributed by atoms with Gasteiger partial charge in [0.1, 0.15) is 17.9 Å². The summed E-state index contributed by atoms with van der Waals surface area (Å²) >= 11 is 0. The van der Waals surface area contributed by atoms with Crippen LogP contribution in [0.5, 0.6) is 17.2 Å². The molecule has 2 aromatic carbocycles. The van der Waals surface area contributed by atoms with E-state index in [0.717, 1.165) is 35.4 Å². The van der Waals surface area contributed by atoms with E-state index in [1.807, 2.05) is 17.0 Å². The number of hydrogen-bond donors (Lipinski definition) is 0. The molecule has 0 N–H and O–H groups in total. The molecule has 5 rings (SSSR count). The van der Waals surface area contributed by atoms with Crippen molar-refractivity contribution < 1.29 is 35.8 Å². The fourth-order valence-electron chi connectivity index (χ4n) is 4.59. The topological polar surface area (TPSA) is 111 Å². The van der Waals surface area contributed by atoms with Crippen molar-refractivity contribution in [3.8, 4) is 28.4 Å². The number of nitrogens with zero attached hydrogens (tertiary/aromatic N) is 6. The van der Waals surface area contributed by atoms with E-state index in [0.29, 0.717) is 42.6 Å². The van der Waals surface area contributed by atoms with Gasteiger partial charge in [0.15, 0.2) is 11.5 Å². The number of halogens is 3. The minimum Gasteiger partial charge on any atom is -0.493 e. The van der Waals surface area contributed by atoms with E-state index in [1.54, 1.807) is 31.0 Å². The molecule has 0 spiro atoms. The second kappa shape index (κ2) is 10.8. The molecule has 0 saturated carbocycles. The van der Waals surface area contributed by atoms with Gasteiger partial charge in [0.05, 0.1) is 19.1 Å². The van der Waals surface area contributed by atoms with E-state index in [1.165, 1.54) is 10.6 Å². The number of sulfonamides is 1. The van der Waals surface area contributed by atoms with Crippen molar-refractivity contribution in [1.29, 1.82) is 0 Å². The number of methoxy groups -OCH3 is 2. The summed E-state index contributed by atoms with van der Waals surface area (Å²) in [7, 11) is -0.877. The van der Waals surface area contributed by atoms with E-state index in [9.17, 15) is 21.6 Å². The van der Waals surface area contributed by atoms with Crippen molar-refractivity contribution >= 4 is 21.6 Å². The van der Waals surface area contributed by atoms with E-state index < -0.39 is 22.1 Å². The van der Waals surface area contributed by atoms with Gasteiger partial charge in [-0.2, -0.15) is 18.9 Å². The number of fused-ring (bicyclic) bond motifs is 1. The number of rotatable bonds is 7. The van der Waals surface area contributed by atoms with Crippen LogP contribution in [0.15, 0.2) is 59.9 Å². The molecule has 0 aliphatic carbocycles. The molecule has 1 aliphatic heterocycles. The van der Waals surface area contributed by atoms with Crippen LogP contribution in [-0.4, -0.2) is 79.1 Å². The summed E-state index contributed by atoms with van der Waals surface area (Å²) in [4.78, 5) is 10.5. The lowest BCUT2D eigenvalue weighted by Gasteiger charge is -2.26. The number of aromatic nitrogens is 4. The van der Waals surface area contributed by atoms with Crippen LogP contribution in [-0.2, 0) is 10.0 Å². The fraction of sp³-hybridized carbons (Fsp3) is 0.320. The molecule has 3 heterocycles. The summed E-state index contributed by atoms with van der Waals surface area (Å²) in [6, 6.07) is 9.65. The third-order valence-corrected chi connectivity index (χ3v) is 8.34. The zero-order valence-corrected chi connectivity index (χ0v) is 22.3. The van der Waals surface area contributed by atoms with Crippen LogP contribution in [0.2, 0.25) is 0 Å². The van der Waals surface area contributed by atoms with Crippen molar-refractivity contribution in [2.75, 3.05) is 45.3 Å². The highest BCUT2D eigenvalue weighted by Crippen LogP contribution is 2.37. The Labute approximate surface area is 227 Å². The number of hydrogen-bond acceptors (Lipinski definition) is 9. The van der Waals surface area contributed by atoms with E-state index in [2.05, 4.69) is 19.8 Å². The SMILES string of the molecule is COc1ccc(-c2cnc3ncnn3c2N2CCCN(S(=O)(=O)c3ccc(OC(F)(F)F)cc3)CC2)cc1OC. The molecule has 0 unspecified atom stereocenters. The third kappa shape index (κ3) is 5.47. The summed E-state index contributed by atoms with van der Waals surface area (Å²) in [6.07, 6.45) is -1.30. The highest BCUT2D eigenvalue weighted by Gasteiger charge is 2.32. The summed E-state index contributed by atoms with van der Waals surface area (Å²) in [5.41, 5.74) is 1.52. The lowest BCUT2D eigenvalue weighted by atomic mass is 10.1. The van der Waals surface area contributed by atoms with Gasteiger partial charge in [0, 0.05) is 37.9 Å². The van der Waals surface area contributed by atoms with Gasteiger partial charge >= 0.3 is 6.36 Å². The van der Waals surface area contributed by atoms with Crippen LogP contribution < -0.4 is 19.1 Å².